The molecule has 6 heteroatoms. The molecule has 1 fully saturated rings. The van der Waals surface area contributed by atoms with Gasteiger partial charge in [-0.1, -0.05) is 13.3 Å². The fourth-order valence-corrected chi connectivity index (χ4v) is 2.56. The van der Waals surface area contributed by atoms with Crippen molar-refractivity contribution in [2.75, 3.05) is 13.1 Å². The van der Waals surface area contributed by atoms with Crippen molar-refractivity contribution in [3.63, 3.8) is 0 Å². The van der Waals surface area contributed by atoms with E-state index in [1.54, 1.807) is 6.20 Å². The van der Waals surface area contributed by atoms with Crippen LogP contribution in [0.1, 0.15) is 25.5 Å². The molecule has 2 rings (SSSR count). The van der Waals surface area contributed by atoms with Crippen LogP contribution in [0.15, 0.2) is 6.20 Å². The highest BCUT2D eigenvalue weighted by Gasteiger charge is 2.36. The smallest absolute Gasteiger partial charge is 0.308 e. The zero-order valence-electron chi connectivity index (χ0n) is 9.96. The number of aliphatic carboxylic acids is 1. The number of carboxylic acids is 1. The molecule has 1 aliphatic rings. The summed E-state index contributed by atoms with van der Waals surface area (Å²) in [6.07, 6.45) is 3.70. The maximum absolute atomic E-state index is 11.2. The van der Waals surface area contributed by atoms with E-state index in [2.05, 4.69) is 27.2 Å². The van der Waals surface area contributed by atoms with Gasteiger partial charge in [-0.15, -0.1) is 0 Å². The molecule has 2 N–H and O–H groups in total. The van der Waals surface area contributed by atoms with E-state index in [1.165, 1.54) is 0 Å². The monoisotopic (exact) mass is 238 g/mol. The Labute approximate surface area is 100 Å². The molecule has 0 aliphatic carbocycles. The summed E-state index contributed by atoms with van der Waals surface area (Å²) in [5, 5.41) is 19.5. The zero-order valence-corrected chi connectivity index (χ0v) is 9.96. The van der Waals surface area contributed by atoms with Gasteiger partial charge in [-0.2, -0.15) is 15.4 Å². The highest BCUT2D eigenvalue weighted by Crippen LogP contribution is 2.28. The molecule has 1 aliphatic heterocycles. The van der Waals surface area contributed by atoms with Gasteiger partial charge >= 0.3 is 5.97 Å². The predicted molar refractivity (Wildman–Crippen MR) is 61.2 cm³/mol. The van der Waals surface area contributed by atoms with Gasteiger partial charge in [0, 0.05) is 19.6 Å². The topological polar surface area (TPSA) is 82.1 Å². The number of nitrogens with zero attached hydrogens (tertiary/aromatic N) is 3. The Morgan fingerprint density at radius 1 is 1.65 bits per heavy atom. The number of aromatic amines is 1. The molecule has 0 amide bonds. The minimum atomic E-state index is -0.675. The minimum Gasteiger partial charge on any atom is -0.481 e. The molecule has 0 aromatic carbocycles. The number of hydrogen-bond acceptors (Lipinski definition) is 4. The van der Waals surface area contributed by atoms with Crippen molar-refractivity contribution in [1.29, 1.82) is 0 Å². The second kappa shape index (κ2) is 5.27. The first kappa shape index (κ1) is 12.0. The summed E-state index contributed by atoms with van der Waals surface area (Å²) in [7, 11) is 0. The number of H-pyrrole nitrogens is 1. The lowest BCUT2D eigenvalue weighted by molar-refractivity contribution is -0.142. The Morgan fingerprint density at radius 3 is 3.06 bits per heavy atom. The molecule has 2 heterocycles. The van der Waals surface area contributed by atoms with Crippen molar-refractivity contribution in [3.8, 4) is 0 Å². The Hall–Kier alpha value is -1.43. The average Bonchev–Trinajstić information content (AvgIpc) is 2.89. The van der Waals surface area contributed by atoms with Crippen LogP contribution in [0.2, 0.25) is 0 Å². The highest BCUT2D eigenvalue weighted by molar-refractivity contribution is 5.71. The van der Waals surface area contributed by atoms with Crippen molar-refractivity contribution in [3.05, 3.63) is 11.9 Å². The van der Waals surface area contributed by atoms with Crippen LogP contribution in [0.4, 0.5) is 0 Å². The molecular weight excluding hydrogens is 220 g/mol. The summed E-state index contributed by atoms with van der Waals surface area (Å²) in [6.45, 7) is 4.24. The number of likely N-dealkylation sites (tertiary alicyclic amines) is 1. The van der Waals surface area contributed by atoms with E-state index < -0.39 is 5.97 Å². The van der Waals surface area contributed by atoms with Gasteiger partial charge in [0.25, 0.3) is 0 Å². The summed E-state index contributed by atoms with van der Waals surface area (Å²) in [6, 6.07) is 0. The van der Waals surface area contributed by atoms with Crippen molar-refractivity contribution in [2.24, 2.45) is 11.8 Å². The lowest BCUT2D eigenvalue weighted by Gasteiger charge is -2.13. The lowest BCUT2D eigenvalue weighted by atomic mass is 9.92. The first-order chi connectivity index (χ1) is 8.20. The Balaban J connectivity index is 1.96. The van der Waals surface area contributed by atoms with Gasteiger partial charge in [-0.05, 0) is 12.3 Å². The number of hydrogen-bond donors (Lipinski definition) is 2. The number of aromatic nitrogens is 3. The van der Waals surface area contributed by atoms with Crippen molar-refractivity contribution in [2.45, 2.75) is 26.3 Å². The number of carbonyl (C=O) groups is 1. The van der Waals surface area contributed by atoms with Crippen LogP contribution in [-0.4, -0.2) is 44.5 Å². The Morgan fingerprint density at radius 2 is 2.47 bits per heavy atom. The van der Waals surface area contributed by atoms with Crippen LogP contribution >= 0.6 is 0 Å². The van der Waals surface area contributed by atoms with Gasteiger partial charge in [0.05, 0.1) is 17.8 Å². The van der Waals surface area contributed by atoms with Gasteiger partial charge < -0.3 is 5.11 Å². The molecule has 0 saturated carbocycles. The van der Waals surface area contributed by atoms with Gasteiger partial charge in [0.2, 0.25) is 0 Å². The third-order valence-electron chi connectivity index (χ3n) is 3.34. The molecule has 1 aromatic rings. The van der Waals surface area contributed by atoms with Crippen LogP contribution in [0.5, 0.6) is 0 Å². The van der Waals surface area contributed by atoms with Crippen LogP contribution < -0.4 is 0 Å². The van der Waals surface area contributed by atoms with Crippen LogP contribution in [-0.2, 0) is 11.3 Å². The number of nitrogens with one attached hydrogen (secondary N) is 1. The molecule has 17 heavy (non-hydrogen) atoms. The van der Waals surface area contributed by atoms with E-state index in [0.717, 1.165) is 25.1 Å². The molecule has 6 nitrogen and oxygen atoms in total. The normalized spacial score (nSPS) is 25.2. The fourth-order valence-electron chi connectivity index (χ4n) is 2.56. The number of carboxylic acid groups (broad SMARTS) is 1. The van der Waals surface area contributed by atoms with Gasteiger partial charge in [0.15, 0.2) is 0 Å². The number of rotatable bonds is 5. The second-order valence-electron chi connectivity index (χ2n) is 4.65. The van der Waals surface area contributed by atoms with Crippen LogP contribution in [0.3, 0.4) is 0 Å². The zero-order chi connectivity index (χ0) is 12.3. The Kier molecular flexibility index (Phi) is 3.73. The summed E-state index contributed by atoms with van der Waals surface area (Å²) in [4.78, 5) is 13.3. The highest BCUT2D eigenvalue weighted by atomic mass is 16.4. The molecule has 0 radical (unpaired) electrons. The van der Waals surface area contributed by atoms with Crippen molar-refractivity contribution < 1.29 is 9.90 Å². The minimum absolute atomic E-state index is 0.234. The third-order valence-corrected chi connectivity index (χ3v) is 3.34. The average molecular weight is 238 g/mol. The van der Waals surface area contributed by atoms with Gasteiger partial charge in [-0.3, -0.25) is 9.69 Å². The van der Waals surface area contributed by atoms with E-state index in [-0.39, 0.29) is 11.8 Å². The molecule has 0 spiro atoms. The second-order valence-corrected chi connectivity index (χ2v) is 4.65. The van der Waals surface area contributed by atoms with Gasteiger partial charge in [0.1, 0.15) is 0 Å². The Bertz CT molecular complexity index is 366. The predicted octanol–water partition coefficient (Wildman–Crippen LogP) is 0.737. The maximum Gasteiger partial charge on any atom is 0.308 e. The summed E-state index contributed by atoms with van der Waals surface area (Å²) in [5.41, 5.74) is 0.867. The van der Waals surface area contributed by atoms with E-state index >= 15 is 0 Å². The van der Waals surface area contributed by atoms with Gasteiger partial charge in [-0.25, -0.2) is 0 Å². The maximum atomic E-state index is 11.2. The standard InChI is InChI=1S/C11H18N4O2/c1-2-3-8-5-15(7-10(8)11(16)17)6-9-4-12-14-13-9/h4,8,10H,2-3,5-7H2,1H3,(H,16,17)(H,12,13,14)/t8-,10-/m1/s1. The molecule has 1 saturated heterocycles. The van der Waals surface area contributed by atoms with E-state index in [4.69, 9.17) is 0 Å². The lowest BCUT2D eigenvalue weighted by Crippen LogP contribution is -2.23. The largest absolute Gasteiger partial charge is 0.481 e. The summed E-state index contributed by atoms with van der Waals surface area (Å²) >= 11 is 0. The van der Waals surface area contributed by atoms with E-state index in [0.29, 0.717) is 13.1 Å². The first-order valence-electron chi connectivity index (χ1n) is 6.00. The van der Waals surface area contributed by atoms with E-state index in [9.17, 15) is 9.90 Å². The van der Waals surface area contributed by atoms with E-state index in [1.807, 2.05) is 0 Å². The third kappa shape index (κ3) is 2.82. The van der Waals surface area contributed by atoms with Crippen molar-refractivity contribution >= 4 is 5.97 Å². The molecular formula is C11H18N4O2. The molecule has 1 aromatic heterocycles. The quantitative estimate of drug-likeness (QED) is 0.790. The van der Waals surface area contributed by atoms with Crippen molar-refractivity contribution in [1.82, 2.24) is 20.3 Å². The summed E-state index contributed by atoms with van der Waals surface area (Å²) in [5.74, 6) is -0.641. The molecule has 0 unspecified atom stereocenters. The molecule has 94 valence electrons. The first-order valence-corrected chi connectivity index (χ1v) is 6.00. The molecule has 2 atom stereocenters. The molecule has 0 bridgehead atoms. The van der Waals surface area contributed by atoms with Crippen LogP contribution in [0, 0.1) is 11.8 Å². The van der Waals surface area contributed by atoms with Crippen LogP contribution in [0.25, 0.3) is 0 Å². The SMILES string of the molecule is CCC[C@@H]1CN(Cc2cn[nH]n2)C[C@H]1C(=O)O. The summed E-state index contributed by atoms with van der Waals surface area (Å²) < 4.78 is 0. The fraction of sp³-hybridized carbons (Fsp3) is 0.727.